The fourth-order valence-electron chi connectivity index (χ4n) is 3.52. The summed E-state index contributed by atoms with van der Waals surface area (Å²) in [5.41, 5.74) is 3.61. The van der Waals surface area contributed by atoms with Gasteiger partial charge in [-0.1, -0.05) is 47.5 Å². The standard InChI is InChI=1S/C25H24ClN3O2/c1-17-10-12-21(13-11-17)31-15-14-29-23-9-4-3-8-22(23)28-24(29)18(2)27-25(30)19-6-5-7-20(26)16-19/h3-13,16,18H,14-15H2,1-2H3,(H,27,30). The van der Waals surface area contributed by atoms with Crippen LogP contribution in [-0.2, 0) is 6.54 Å². The Morgan fingerprint density at radius 2 is 1.87 bits per heavy atom. The first-order chi connectivity index (χ1) is 15.0. The average molecular weight is 434 g/mol. The van der Waals surface area contributed by atoms with Crippen LogP contribution in [-0.4, -0.2) is 22.1 Å². The van der Waals surface area contributed by atoms with E-state index in [0.29, 0.717) is 23.7 Å². The summed E-state index contributed by atoms with van der Waals surface area (Å²) in [6, 6.07) is 22.6. The number of carbonyl (C=O) groups excluding carboxylic acids is 1. The van der Waals surface area contributed by atoms with Crippen LogP contribution >= 0.6 is 11.6 Å². The van der Waals surface area contributed by atoms with Crippen molar-refractivity contribution in [3.05, 3.63) is 94.8 Å². The number of benzene rings is 3. The lowest BCUT2D eigenvalue weighted by Gasteiger charge is -2.17. The van der Waals surface area contributed by atoms with E-state index in [4.69, 9.17) is 21.3 Å². The SMILES string of the molecule is Cc1ccc(OCCn2c(C(C)NC(=O)c3cccc(Cl)c3)nc3ccccc32)cc1. The van der Waals surface area contributed by atoms with E-state index >= 15 is 0 Å². The first-order valence-electron chi connectivity index (χ1n) is 10.2. The summed E-state index contributed by atoms with van der Waals surface area (Å²) in [4.78, 5) is 17.5. The second-order valence-corrected chi connectivity index (χ2v) is 7.91. The minimum Gasteiger partial charge on any atom is -0.492 e. The van der Waals surface area contributed by atoms with Gasteiger partial charge < -0.3 is 14.6 Å². The molecule has 0 aliphatic carbocycles. The lowest BCUT2D eigenvalue weighted by Crippen LogP contribution is -2.29. The Morgan fingerprint density at radius 3 is 2.65 bits per heavy atom. The number of imidazole rings is 1. The second-order valence-electron chi connectivity index (χ2n) is 7.48. The molecule has 6 heteroatoms. The maximum Gasteiger partial charge on any atom is 0.251 e. The summed E-state index contributed by atoms with van der Waals surface area (Å²) < 4.78 is 8.03. The molecule has 0 aliphatic heterocycles. The van der Waals surface area contributed by atoms with Crippen molar-refractivity contribution in [2.45, 2.75) is 26.4 Å². The van der Waals surface area contributed by atoms with Gasteiger partial charge >= 0.3 is 0 Å². The number of hydrogen-bond acceptors (Lipinski definition) is 3. The quantitative estimate of drug-likeness (QED) is 0.414. The van der Waals surface area contributed by atoms with Crippen molar-refractivity contribution in [3.8, 4) is 5.75 Å². The highest BCUT2D eigenvalue weighted by molar-refractivity contribution is 6.30. The molecule has 1 heterocycles. The summed E-state index contributed by atoms with van der Waals surface area (Å²) in [5, 5.41) is 3.56. The van der Waals surface area contributed by atoms with Crippen LogP contribution in [0, 0.1) is 6.92 Å². The zero-order valence-corrected chi connectivity index (χ0v) is 18.3. The van der Waals surface area contributed by atoms with Gasteiger partial charge in [-0.15, -0.1) is 0 Å². The lowest BCUT2D eigenvalue weighted by molar-refractivity contribution is 0.0937. The van der Waals surface area contributed by atoms with Crippen molar-refractivity contribution in [1.29, 1.82) is 0 Å². The number of nitrogens with one attached hydrogen (secondary N) is 1. The van der Waals surface area contributed by atoms with Crippen molar-refractivity contribution in [2.24, 2.45) is 0 Å². The Hall–Kier alpha value is -3.31. The van der Waals surface area contributed by atoms with Gasteiger partial charge in [-0.2, -0.15) is 0 Å². The van der Waals surface area contributed by atoms with Crippen LogP contribution in [0.2, 0.25) is 5.02 Å². The van der Waals surface area contributed by atoms with E-state index in [2.05, 4.69) is 9.88 Å². The number of amides is 1. The highest BCUT2D eigenvalue weighted by Gasteiger charge is 2.19. The third-order valence-corrected chi connectivity index (χ3v) is 5.35. The predicted octanol–water partition coefficient (Wildman–Crippen LogP) is 5.57. The van der Waals surface area contributed by atoms with Crippen molar-refractivity contribution in [2.75, 3.05) is 6.61 Å². The van der Waals surface area contributed by atoms with Crippen LogP contribution in [0.15, 0.2) is 72.8 Å². The van der Waals surface area contributed by atoms with Crippen LogP contribution in [0.4, 0.5) is 0 Å². The first-order valence-corrected chi connectivity index (χ1v) is 10.6. The van der Waals surface area contributed by atoms with E-state index in [-0.39, 0.29) is 11.9 Å². The topological polar surface area (TPSA) is 56.1 Å². The number of para-hydroxylation sites is 2. The fourth-order valence-corrected chi connectivity index (χ4v) is 3.71. The molecule has 0 saturated heterocycles. The minimum absolute atomic E-state index is 0.190. The van der Waals surface area contributed by atoms with E-state index in [9.17, 15) is 4.79 Å². The maximum atomic E-state index is 12.7. The third kappa shape index (κ3) is 4.89. The Balaban J connectivity index is 1.53. The Kier molecular flexibility index (Phi) is 6.23. The number of hydrogen-bond donors (Lipinski definition) is 1. The van der Waals surface area contributed by atoms with Crippen molar-refractivity contribution < 1.29 is 9.53 Å². The highest BCUT2D eigenvalue weighted by Crippen LogP contribution is 2.22. The Morgan fingerprint density at radius 1 is 1.10 bits per heavy atom. The molecule has 158 valence electrons. The zero-order valence-electron chi connectivity index (χ0n) is 17.5. The number of fused-ring (bicyclic) bond motifs is 1. The van der Waals surface area contributed by atoms with E-state index < -0.39 is 0 Å². The van der Waals surface area contributed by atoms with Crippen LogP contribution in [0.5, 0.6) is 5.75 Å². The maximum absolute atomic E-state index is 12.7. The lowest BCUT2D eigenvalue weighted by atomic mass is 10.2. The van der Waals surface area contributed by atoms with E-state index in [1.807, 2.05) is 62.4 Å². The van der Waals surface area contributed by atoms with Gasteiger partial charge in [0.2, 0.25) is 0 Å². The summed E-state index contributed by atoms with van der Waals surface area (Å²) in [6.07, 6.45) is 0. The van der Waals surface area contributed by atoms with Crippen LogP contribution in [0.25, 0.3) is 11.0 Å². The molecule has 3 aromatic carbocycles. The minimum atomic E-state index is -0.293. The predicted molar refractivity (Wildman–Crippen MR) is 124 cm³/mol. The number of carbonyl (C=O) groups is 1. The molecule has 0 bridgehead atoms. The summed E-state index contributed by atoms with van der Waals surface area (Å²) in [6.45, 7) is 5.08. The first kappa shape index (κ1) is 20.9. The average Bonchev–Trinajstić information content (AvgIpc) is 3.14. The molecule has 4 aromatic rings. The molecule has 1 aromatic heterocycles. The van der Waals surface area contributed by atoms with Gasteiger partial charge in [0.05, 0.1) is 23.6 Å². The molecule has 0 fully saturated rings. The molecule has 0 spiro atoms. The van der Waals surface area contributed by atoms with Gasteiger partial charge in [-0.25, -0.2) is 4.98 Å². The monoisotopic (exact) mass is 433 g/mol. The van der Waals surface area contributed by atoms with Gasteiger partial charge in [0.15, 0.2) is 0 Å². The molecule has 1 atom stereocenters. The molecule has 1 N–H and O–H groups in total. The van der Waals surface area contributed by atoms with Gasteiger partial charge in [-0.3, -0.25) is 4.79 Å². The molecular formula is C25H24ClN3O2. The van der Waals surface area contributed by atoms with Gasteiger partial charge in [-0.05, 0) is 56.3 Å². The highest BCUT2D eigenvalue weighted by atomic mass is 35.5. The van der Waals surface area contributed by atoms with E-state index in [1.54, 1.807) is 24.3 Å². The van der Waals surface area contributed by atoms with Gasteiger partial charge in [0.1, 0.15) is 18.2 Å². The molecule has 1 amide bonds. The van der Waals surface area contributed by atoms with Crippen LogP contribution in [0.1, 0.15) is 34.7 Å². The van der Waals surface area contributed by atoms with Crippen molar-refractivity contribution in [3.63, 3.8) is 0 Å². The number of rotatable bonds is 7. The molecular weight excluding hydrogens is 410 g/mol. The van der Waals surface area contributed by atoms with Gasteiger partial charge in [0, 0.05) is 10.6 Å². The van der Waals surface area contributed by atoms with E-state index in [0.717, 1.165) is 22.6 Å². The Bertz CT molecular complexity index is 1200. The van der Waals surface area contributed by atoms with Crippen molar-refractivity contribution in [1.82, 2.24) is 14.9 Å². The zero-order chi connectivity index (χ0) is 21.8. The number of ether oxygens (including phenoxy) is 1. The Labute approximate surface area is 186 Å². The summed E-state index contributed by atoms with van der Waals surface area (Å²) in [7, 11) is 0. The number of halogens is 1. The molecule has 1 unspecified atom stereocenters. The number of aromatic nitrogens is 2. The molecule has 4 rings (SSSR count). The molecule has 0 aliphatic rings. The van der Waals surface area contributed by atoms with E-state index in [1.165, 1.54) is 5.56 Å². The third-order valence-electron chi connectivity index (χ3n) is 5.11. The second kappa shape index (κ2) is 9.23. The largest absolute Gasteiger partial charge is 0.492 e. The molecule has 31 heavy (non-hydrogen) atoms. The smallest absolute Gasteiger partial charge is 0.251 e. The molecule has 0 saturated carbocycles. The summed E-state index contributed by atoms with van der Waals surface area (Å²) in [5.74, 6) is 1.42. The molecule has 0 radical (unpaired) electrons. The fraction of sp³-hybridized carbons (Fsp3) is 0.200. The van der Waals surface area contributed by atoms with Crippen LogP contribution < -0.4 is 10.1 Å². The van der Waals surface area contributed by atoms with Crippen LogP contribution in [0.3, 0.4) is 0 Å². The molecule has 5 nitrogen and oxygen atoms in total. The number of aryl methyl sites for hydroxylation is 1. The summed E-state index contributed by atoms with van der Waals surface area (Å²) >= 11 is 6.03. The van der Waals surface area contributed by atoms with Gasteiger partial charge in [0.25, 0.3) is 5.91 Å². The van der Waals surface area contributed by atoms with Crippen molar-refractivity contribution >= 4 is 28.5 Å². The number of nitrogens with zero attached hydrogens (tertiary/aromatic N) is 2. The normalized spacial score (nSPS) is 12.0.